The normalized spacial score (nSPS) is 10.3. The average molecular weight is 389 g/mol. The fourth-order valence-corrected chi connectivity index (χ4v) is 2.81. The molecular formula is C23H23N3O3. The predicted molar refractivity (Wildman–Crippen MR) is 114 cm³/mol. The smallest absolute Gasteiger partial charge is 0.257 e. The second-order valence-corrected chi connectivity index (χ2v) is 6.55. The van der Waals surface area contributed by atoms with Crippen molar-refractivity contribution >= 4 is 23.2 Å². The third-order valence-corrected chi connectivity index (χ3v) is 4.41. The van der Waals surface area contributed by atoms with Crippen LogP contribution in [0.25, 0.3) is 0 Å². The van der Waals surface area contributed by atoms with Crippen LogP contribution in [0, 0.1) is 0 Å². The van der Waals surface area contributed by atoms with Gasteiger partial charge in [-0.05, 0) is 55.3 Å². The largest absolute Gasteiger partial charge is 0.497 e. The number of pyridine rings is 1. The Morgan fingerprint density at radius 3 is 2.55 bits per heavy atom. The summed E-state index contributed by atoms with van der Waals surface area (Å²) in [5.74, 6) is 1.21. The van der Waals surface area contributed by atoms with Crippen molar-refractivity contribution in [1.82, 2.24) is 4.98 Å². The fourth-order valence-electron chi connectivity index (χ4n) is 2.81. The first-order valence-corrected chi connectivity index (χ1v) is 9.30. The zero-order chi connectivity index (χ0) is 20.6. The van der Waals surface area contributed by atoms with E-state index in [0.29, 0.717) is 29.2 Å². The van der Waals surface area contributed by atoms with Crippen LogP contribution in [0.15, 0.2) is 66.9 Å². The van der Waals surface area contributed by atoms with Crippen LogP contribution in [0.1, 0.15) is 33.2 Å². The number of ether oxygens (including phenoxy) is 1. The minimum absolute atomic E-state index is 0.0489. The molecule has 2 N–H and O–H groups in total. The van der Waals surface area contributed by atoms with E-state index in [2.05, 4.69) is 15.6 Å². The molecule has 0 aliphatic carbocycles. The summed E-state index contributed by atoms with van der Waals surface area (Å²) in [5, 5.41) is 6.03. The van der Waals surface area contributed by atoms with Crippen LogP contribution in [-0.2, 0) is 6.42 Å². The number of nitrogens with one attached hydrogen (secondary N) is 2. The first-order valence-electron chi connectivity index (χ1n) is 9.30. The molecule has 0 aliphatic heterocycles. The van der Waals surface area contributed by atoms with Crippen molar-refractivity contribution in [1.29, 1.82) is 0 Å². The molecule has 6 nitrogen and oxygen atoms in total. The van der Waals surface area contributed by atoms with E-state index in [-0.39, 0.29) is 11.7 Å². The van der Waals surface area contributed by atoms with Gasteiger partial charge < -0.3 is 15.4 Å². The van der Waals surface area contributed by atoms with Crippen molar-refractivity contribution < 1.29 is 14.3 Å². The zero-order valence-electron chi connectivity index (χ0n) is 16.4. The van der Waals surface area contributed by atoms with Crippen molar-refractivity contribution in [2.24, 2.45) is 0 Å². The van der Waals surface area contributed by atoms with E-state index < -0.39 is 0 Å². The lowest BCUT2D eigenvalue weighted by Crippen LogP contribution is -2.13. The van der Waals surface area contributed by atoms with Gasteiger partial charge in [-0.2, -0.15) is 0 Å². The van der Waals surface area contributed by atoms with Crippen LogP contribution in [0.2, 0.25) is 0 Å². The highest BCUT2D eigenvalue weighted by molar-refractivity contribution is 6.05. The zero-order valence-corrected chi connectivity index (χ0v) is 16.4. The maximum Gasteiger partial charge on any atom is 0.257 e. The number of ketones is 1. The molecule has 3 rings (SSSR count). The summed E-state index contributed by atoms with van der Waals surface area (Å²) in [6, 6.07) is 18.3. The van der Waals surface area contributed by atoms with Crippen molar-refractivity contribution in [3.63, 3.8) is 0 Å². The van der Waals surface area contributed by atoms with Gasteiger partial charge in [0.2, 0.25) is 0 Å². The SMILES string of the molecule is COc1cccc(CCNc2ccc(C(=O)Nc3cccc(C(C)=O)c3)cn2)c1. The number of rotatable bonds is 8. The predicted octanol–water partition coefficient (Wildman–Crippen LogP) is 4.20. The van der Waals surface area contributed by atoms with Gasteiger partial charge in [0.05, 0.1) is 12.7 Å². The van der Waals surface area contributed by atoms with Crippen LogP contribution in [0.3, 0.4) is 0 Å². The van der Waals surface area contributed by atoms with Gasteiger partial charge in [0.25, 0.3) is 5.91 Å². The van der Waals surface area contributed by atoms with E-state index >= 15 is 0 Å². The summed E-state index contributed by atoms with van der Waals surface area (Å²) < 4.78 is 5.23. The number of carbonyl (C=O) groups excluding carboxylic acids is 2. The molecule has 2 aromatic carbocycles. The fraction of sp³-hybridized carbons (Fsp3) is 0.174. The molecule has 0 spiro atoms. The molecule has 0 aliphatic rings. The quantitative estimate of drug-likeness (QED) is 0.565. The van der Waals surface area contributed by atoms with E-state index in [1.54, 1.807) is 43.5 Å². The van der Waals surface area contributed by atoms with Crippen LogP contribution in [-0.4, -0.2) is 30.3 Å². The van der Waals surface area contributed by atoms with Crippen molar-refractivity contribution in [2.75, 3.05) is 24.3 Å². The lowest BCUT2D eigenvalue weighted by Gasteiger charge is -2.09. The molecule has 3 aromatic rings. The molecule has 6 heteroatoms. The number of hydrogen-bond acceptors (Lipinski definition) is 5. The van der Waals surface area contributed by atoms with Crippen LogP contribution < -0.4 is 15.4 Å². The lowest BCUT2D eigenvalue weighted by atomic mass is 10.1. The molecule has 1 heterocycles. The highest BCUT2D eigenvalue weighted by Crippen LogP contribution is 2.15. The lowest BCUT2D eigenvalue weighted by molar-refractivity contribution is 0.101. The van der Waals surface area contributed by atoms with Crippen molar-refractivity contribution in [3.05, 3.63) is 83.6 Å². The average Bonchev–Trinajstić information content (AvgIpc) is 2.74. The molecule has 1 aromatic heterocycles. The molecule has 0 saturated carbocycles. The minimum Gasteiger partial charge on any atom is -0.497 e. The Labute approximate surface area is 169 Å². The number of hydrogen-bond donors (Lipinski definition) is 2. The highest BCUT2D eigenvalue weighted by Gasteiger charge is 2.08. The van der Waals surface area contributed by atoms with E-state index in [1.807, 2.05) is 24.3 Å². The van der Waals surface area contributed by atoms with Gasteiger partial charge in [0, 0.05) is 24.0 Å². The molecular weight excluding hydrogens is 366 g/mol. The Balaban J connectivity index is 1.54. The molecule has 148 valence electrons. The number of aromatic nitrogens is 1. The number of Topliss-reactive ketones (excluding diaryl/α,β-unsaturated/α-hetero) is 1. The van der Waals surface area contributed by atoms with Gasteiger partial charge >= 0.3 is 0 Å². The van der Waals surface area contributed by atoms with Crippen LogP contribution in [0.4, 0.5) is 11.5 Å². The standard InChI is InChI=1S/C23H23N3O3/c1-16(27)18-6-4-7-20(14-18)26-23(28)19-9-10-22(25-15-19)24-12-11-17-5-3-8-21(13-17)29-2/h3-10,13-15H,11-12H2,1-2H3,(H,24,25)(H,26,28). The van der Waals surface area contributed by atoms with Gasteiger partial charge in [0.15, 0.2) is 5.78 Å². The number of amides is 1. The van der Waals surface area contributed by atoms with Crippen LogP contribution >= 0.6 is 0 Å². The summed E-state index contributed by atoms with van der Waals surface area (Å²) in [7, 11) is 1.65. The summed E-state index contributed by atoms with van der Waals surface area (Å²) in [6.07, 6.45) is 2.35. The van der Waals surface area contributed by atoms with E-state index in [4.69, 9.17) is 4.74 Å². The third kappa shape index (κ3) is 5.65. The Hall–Kier alpha value is -3.67. The van der Waals surface area contributed by atoms with Gasteiger partial charge in [-0.15, -0.1) is 0 Å². The Bertz CT molecular complexity index is 1000. The number of anilines is 2. The Morgan fingerprint density at radius 1 is 1.00 bits per heavy atom. The number of carbonyl (C=O) groups is 2. The van der Waals surface area contributed by atoms with Crippen molar-refractivity contribution in [2.45, 2.75) is 13.3 Å². The van der Waals surface area contributed by atoms with Gasteiger partial charge in [0.1, 0.15) is 11.6 Å². The summed E-state index contributed by atoms with van der Waals surface area (Å²) in [4.78, 5) is 28.2. The monoisotopic (exact) mass is 389 g/mol. The maximum absolute atomic E-state index is 12.4. The van der Waals surface area contributed by atoms with E-state index in [1.165, 1.54) is 18.7 Å². The van der Waals surface area contributed by atoms with Crippen LogP contribution in [0.5, 0.6) is 5.75 Å². The molecule has 0 atom stereocenters. The second-order valence-electron chi connectivity index (χ2n) is 6.55. The Kier molecular flexibility index (Phi) is 6.58. The molecule has 0 bridgehead atoms. The molecule has 0 radical (unpaired) electrons. The summed E-state index contributed by atoms with van der Waals surface area (Å²) in [6.45, 7) is 2.20. The van der Waals surface area contributed by atoms with Gasteiger partial charge in [-0.3, -0.25) is 9.59 Å². The van der Waals surface area contributed by atoms with Crippen molar-refractivity contribution in [3.8, 4) is 5.75 Å². The first kappa shape index (κ1) is 20.1. The molecule has 29 heavy (non-hydrogen) atoms. The minimum atomic E-state index is -0.277. The summed E-state index contributed by atoms with van der Waals surface area (Å²) in [5.41, 5.74) is 2.73. The van der Waals surface area contributed by atoms with Gasteiger partial charge in [-0.1, -0.05) is 24.3 Å². The van der Waals surface area contributed by atoms with Gasteiger partial charge in [-0.25, -0.2) is 4.98 Å². The molecule has 0 fully saturated rings. The first-order chi connectivity index (χ1) is 14.0. The summed E-state index contributed by atoms with van der Waals surface area (Å²) >= 11 is 0. The topological polar surface area (TPSA) is 80.3 Å². The second kappa shape index (κ2) is 9.50. The third-order valence-electron chi connectivity index (χ3n) is 4.41. The Morgan fingerprint density at radius 2 is 1.83 bits per heavy atom. The molecule has 0 saturated heterocycles. The highest BCUT2D eigenvalue weighted by atomic mass is 16.5. The molecule has 1 amide bonds. The number of benzene rings is 2. The maximum atomic E-state index is 12.4. The molecule has 0 unspecified atom stereocenters. The number of methoxy groups -OCH3 is 1. The van der Waals surface area contributed by atoms with E-state index in [0.717, 1.165) is 12.2 Å². The number of nitrogens with zero attached hydrogens (tertiary/aromatic N) is 1. The van der Waals surface area contributed by atoms with E-state index in [9.17, 15) is 9.59 Å².